The summed E-state index contributed by atoms with van der Waals surface area (Å²) < 4.78 is 33.5. The minimum atomic E-state index is -2.88. The van der Waals surface area contributed by atoms with Crippen LogP contribution in [0.4, 0.5) is 8.78 Å². The average molecular weight is 273 g/mol. The fourth-order valence-electron chi connectivity index (χ4n) is 1.50. The quantitative estimate of drug-likeness (QED) is 0.808. The van der Waals surface area contributed by atoms with Crippen molar-refractivity contribution in [3.8, 4) is 5.75 Å². The number of halogens is 2. The maximum atomic E-state index is 12.2. The largest absolute Gasteiger partial charge is 0.468 e. The van der Waals surface area contributed by atoms with E-state index in [-0.39, 0.29) is 12.3 Å². The number of alkyl halides is 2. The topological polar surface area (TPSA) is 47.6 Å². The smallest absolute Gasteiger partial charge is 0.387 e. The Morgan fingerprint density at radius 1 is 1.37 bits per heavy atom. The first-order chi connectivity index (χ1) is 8.86. The molecule has 0 fully saturated rings. The molecule has 6 heteroatoms. The fraction of sp³-hybridized carbons (Fsp3) is 0.462. The number of carbonyl (C=O) groups excluding carboxylic acids is 1. The number of rotatable bonds is 6. The Labute approximate surface area is 110 Å². The van der Waals surface area contributed by atoms with Crippen molar-refractivity contribution in [3.05, 3.63) is 29.8 Å². The summed E-state index contributed by atoms with van der Waals surface area (Å²) >= 11 is 0. The number of hydrogen-bond donors (Lipinski definition) is 1. The molecule has 1 N–H and O–H groups in total. The van der Waals surface area contributed by atoms with Gasteiger partial charge in [-0.05, 0) is 19.9 Å². The van der Waals surface area contributed by atoms with Crippen LogP contribution in [0.3, 0.4) is 0 Å². The SMILES string of the molecule is COC(=O)C(C)(C)NCc1ccccc1OC(F)F. The lowest BCUT2D eigenvalue weighted by Crippen LogP contribution is -2.47. The van der Waals surface area contributed by atoms with Gasteiger partial charge in [0.25, 0.3) is 0 Å². The normalized spacial score (nSPS) is 11.5. The first kappa shape index (κ1) is 15.4. The molecule has 0 saturated heterocycles. The molecule has 0 amide bonds. The highest BCUT2D eigenvalue weighted by Crippen LogP contribution is 2.21. The van der Waals surface area contributed by atoms with Crippen LogP contribution in [0.25, 0.3) is 0 Å². The number of esters is 1. The van der Waals surface area contributed by atoms with Gasteiger partial charge in [0.15, 0.2) is 0 Å². The van der Waals surface area contributed by atoms with Gasteiger partial charge in [0.1, 0.15) is 11.3 Å². The van der Waals surface area contributed by atoms with E-state index in [0.717, 1.165) is 0 Å². The van der Waals surface area contributed by atoms with Crippen LogP contribution >= 0.6 is 0 Å². The minimum absolute atomic E-state index is 0.0886. The Hall–Kier alpha value is -1.69. The molecule has 0 radical (unpaired) electrons. The molecule has 19 heavy (non-hydrogen) atoms. The Morgan fingerprint density at radius 2 is 2.00 bits per heavy atom. The first-order valence-corrected chi connectivity index (χ1v) is 5.73. The van der Waals surface area contributed by atoms with Gasteiger partial charge in [-0.25, -0.2) is 0 Å². The Morgan fingerprint density at radius 3 is 2.58 bits per heavy atom. The molecule has 0 saturated carbocycles. The number of methoxy groups -OCH3 is 1. The van der Waals surface area contributed by atoms with Crippen LogP contribution in [-0.2, 0) is 16.1 Å². The van der Waals surface area contributed by atoms with Gasteiger partial charge in [-0.3, -0.25) is 10.1 Å². The van der Waals surface area contributed by atoms with E-state index in [1.165, 1.54) is 13.2 Å². The van der Waals surface area contributed by atoms with Gasteiger partial charge < -0.3 is 9.47 Å². The average Bonchev–Trinajstić information content (AvgIpc) is 2.36. The molecular weight excluding hydrogens is 256 g/mol. The second-order valence-corrected chi connectivity index (χ2v) is 4.46. The van der Waals surface area contributed by atoms with Crippen molar-refractivity contribution in [2.75, 3.05) is 7.11 Å². The third-order valence-corrected chi connectivity index (χ3v) is 2.61. The van der Waals surface area contributed by atoms with Crippen LogP contribution < -0.4 is 10.1 Å². The third kappa shape index (κ3) is 4.48. The minimum Gasteiger partial charge on any atom is -0.468 e. The molecule has 0 unspecified atom stereocenters. The zero-order valence-electron chi connectivity index (χ0n) is 11.1. The van der Waals surface area contributed by atoms with E-state index in [4.69, 9.17) is 0 Å². The molecule has 1 rings (SSSR count). The van der Waals surface area contributed by atoms with E-state index in [1.54, 1.807) is 32.0 Å². The Kier molecular flexibility index (Phi) is 5.23. The van der Waals surface area contributed by atoms with Gasteiger partial charge in [0.2, 0.25) is 0 Å². The number of carbonyl (C=O) groups is 1. The van der Waals surface area contributed by atoms with Crippen LogP contribution in [0.1, 0.15) is 19.4 Å². The summed E-state index contributed by atoms with van der Waals surface area (Å²) in [5.41, 5.74) is -0.369. The van der Waals surface area contributed by atoms with E-state index in [9.17, 15) is 13.6 Å². The van der Waals surface area contributed by atoms with Gasteiger partial charge in [0, 0.05) is 12.1 Å². The van der Waals surface area contributed by atoms with Gasteiger partial charge in [0.05, 0.1) is 7.11 Å². The predicted molar refractivity (Wildman–Crippen MR) is 66.0 cm³/mol. The van der Waals surface area contributed by atoms with Crippen molar-refractivity contribution in [1.29, 1.82) is 0 Å². The lowest BCUT2D eigenvalue weighted by atomic mass is 10.1. The highest BCUT2D eigenvalue weighted by atomic mass is 19.3. The highest BCUT2D eigenvalue weighted by molar-refractivity contribution is 5.79. The number of ether oxygens (including phenoxy) is 2. The van der Waals surface area contributed by atoms with Crippen LogP contribution in [-0.4, -0.2) is 25.2 Å². The summed E-state index contributed by atoms with van der Waals surface area (Å²) in [6.45, 7) is 0.630. The van der Waals surface area contributed by atoms with Crippen molar-refractivity contribution < 1.29 is 23.0 Å². The van der Waals surface area contributed by atoms with Crippen molar-refractivity contribution in [2.45, 2.75) is 32.5 Å². The summed E-state index contributed by atoms with van der Waals surface area (Å²) in [5, 5.41) is 2.94. The molecule has 106 valence electrons. The molecule has 0 bridgehead atoms. The monoisotopic (exact) mass is 273 g/mol. The predicted octanol–water partition coefficient (Wildman–Crippen LogP) is 2.33. The van der Waals surface area contributed by atoms with Crippen molar-refractivity contribution >= 4 is 5.97 Å². The summed E-state index contributed by atoms with van der Waals surface area (Å²) in [4.78, 5) is 11.5. The molecule has 0 aliphatic rings. The molecule has 0 spiro atoms. The Bertz CT molecular complexity index is 436. The summed E-state index contributed by atoms with van der Waals surface area (Å²) in [6.07, 6.45) is 0. The van der Waals surface area contributed by atoms with Crippen LogP contribution in [0.2, 0.25) is 0 Å². The van der Waals surface area contributed by atoms with Gasteiger partial charge in [-0.15, -0.1) is 0 Å². The summed E-state index contributed by atoms with van der Waals surface area (Å²) in [7, 11) is 1.29. The van der Waals surface area contributed by atoms with Gasteiger partial charge >= 0.3 is 12.6 Å². The second-order valence-electron chi connectivity index (χ2n) is 4.46. The van der Waals surface area contributed by atoms with Crippen molar-refractivity contribution in [3.63, 3.8) is 0 Å². The standard InChI is InChI=1S/C13H17F2NO3/c1-13(2,11(17)18-3)16-8-9-6-4-5-7-10(9)19-12(14)15/h4-7,12,16H,8H2,1-3H3. The highest BCUT2D eigenvalue weighted by Gasteiger charge is 2.28. The molecule has 0 aliphatic heterocycles. The maximum Gasteiger partial charge on any atom is 0.387 e. The zero-order chi connectivity index (χ0) is 14.5. The van der Waals surface area contributed by atoms with Gasteiger partial charge in [-0.1, -0.05) is 18.2 Å². The number of benzene rings is 1. The number of hydrogen-bond acceptors (Lipinski definition) is 4. The molecular formula is C13H17F2NO3. The van der Waals surface area contributed by atoms with E-state index < -0.39 is 18.1 Å². The fourth-order valence-corrected chi connectivity index (χ4v) is 1.50. The molecule has 0 heterocycles. The van der Waals surface area contributed by atoms with E-state index in [2.05, 4.69) is 14.8 Å². The van der Waals surface area contributed by atoms with Crippen LogP contribution in [0.5, 0.6) is 5.75 Å². The molecule has 4 nitrogen and oxygen atoms in total. The summed E-state index contributed by atoms with van der Waals surface area (Å²) in [6, 6.07) is 6.42. The molecule has 1 aromatic carbocycles. The van der Waals surface area contributed by atoms with Gasteiger partial charge in [-0.2, -0.15) is 8.78 Å². The summed E-state index contributed by atoms with van der Waals surface area (Å²) in [5.74, 6) is -0.342. The number of nitrogens with one attached hydrogen (secondary N) is 1. The lowest BCUT2D eigenvalue weighted by molar-refractivity contribution is -0.147. The third-order valence-electron chi connectivity index (χ3n) is 2.61. The van der Waals surface area contributed by atoms with E-state index in [1.807, 2.05) is 0 Å². The lowest BCUT2D eigenvalue weighted by Gasteiger charge is -2.23. The number of para-hydroxylation sites is 1. The molecule has 0 atom stereocenters. The van der Waals surface area contributed by atoms with Crippen molar-refractivity contribution in [2.24, 2.45) is 0 Å². The zero-order valence-corrected chi connectivity index (χ0v) is 11.1. The van der Waals surface area contributed by atoms with Crippen molar-refractivity contribution in [1.82, 2.24) is 5.32 Å². The first-order valence-electron chi connectivity index (χ1n) is 5.73. The molecule has 1 aromatic rings. The van der Waals surface area contributed by atoms with Crippen LogP contribution in [0.15, 0.2) is 24.3 Å². The second kappa shape index (κ2) is 6.47. The van der Waals surface area contributed by atoms with E-state index in [0.29, 0.717) is 5.56 Å². The maximum absolute atomic E-state index is 12.2. The Balaban J connectivity index is 2.75. The van der Waals surface area contributed by atoms with Crippen LogP contribution in [0, 0.1) is 0 Å². The van der Waals surface area contributed by atoms with E-state index >= 15 is 0 Å². The molecule has 0 aliphatic carbocycles. The molecule has 0 aromatic heterocycles.